The van der Waals surface area contributed by atoms with Crippen LogP contribution in [0.1, 0.15) is 0 Å². The molecular formula is C10H10N2O4S2. The summed E-state index contributed by atoms with van der Waals surface area (Å²) < 4.78 is 46.8. The van der Waals surface area contributed by atoms with Crippen molar-refractivity contribution in [2.24, 2.45) is 0 Å². The number of aromatic nitrogens is 2. The van der Waals surface area contributed by atoms with Crippen LogP contribution in [0.25, 0.3) is 11.0 Å². The van der Waals surface area contributed by atoms with E-state index >= 15 is 0 Å². The number of sulfone groups is 2. The minimum atomic E-state index is -3.72. The van der Waals surface area contributed by atoms with E-state index in [0.717, 1.165) is 12.5 Å². The van der Waals surface area contributed by atoms with Gasteiger partial charge in [-0.05, 0) is 12.1 Å². The topological polar surface area (TPSA) is 94.1 Å². The Labute approximate surface area is 105 Å². The van der Waals surface area contributed by atoms with Gasteiger partial charge in [0.15, 0.2) is 19.7 Å². The van der Waals surface area contributed by atoms with Crippen molar-refractivity contribution in [3.63, 3.8) is 0 Å². The van der Waals surface area contributed by atoms with E-state index in [1.165, 1.54) is 24.5 Å². The van der Waals surface area contributed by atoms with Gasteiger partial charge in [-0.1, -0.05) is 0 Å². The second kappa shape index (κ2) is 3.99. The molecule has 0 atom stereocenters. The van der Waals surface area contributed by atoms with Crippen LogP contribution in [0.4, 0.5) is 0 Å². The summed E-state index contributed by atoms with van der Waals surface area (Å²) in [6.45, 7) is 0. The first-order valence-electron chi connectivity index (χ1n) is 4.85. The molecule has 0 saturated heterocycles. The van der Waals surface area contributed by atoms with Gasteiger partial charge >= 0.3 is 0 Å². The van der Waals surface area contributed by atoms with Crippen molar-refractivity contribution in [2.45, 2.75) is 9.79 Å². The van der Waals surface area contributed by atoms with Crippen molar-refractivity contribution >= 4 is 30.7 Å². The number of rotatable bonds is 2. The number of fused-ring (bicyclic) bond motifs is 1. The van der Waals surface area contributed by atoms with E-state index in [1.807, 2.05) is 0 Å². The van der Waals surface area contributed by atoms with Gasteiger partial charge < -0.3 is 0 Å². The first-order valence-corrected chi connectivity index (χ1v) is 8.63. The minimum Gasteiger partial charge on any atom is -0.253 e. The Morgan fingerprint density at radius 1 is 0.889 bits per heavy atom. The second-order valence-corrected chi connectivity index (χ2v) is 7.80. The number of benzene rings is 1. The maximum absolute atomic E-state index is 11.8. The molecule has 0 aliphatic rings. The summed E-state index contributed by atoms with van der Waals surface area (Å²) in [5, 5.41) is 0. The lowest BCUT2D eigenvalue weighted by molar-refractivity contribution is 0.589. The van der Waals surface area contributed by atoms with E-state index in [1.54, 1.807) is 0 Å². The van der Waals surface area contributed by atoms with E-state index in [9.17, 15) is 16.8 Å². The number of hydrogen-bond acceptors (Lipinski definition) is 6. The van der Waals surface area contributed by atoms with Crippen molar-refractivity contribution in [3.8, 4) is 0 Å². The smallest absolute Gasteiger partial charge is 0.179 e. The van der Waals surface area contributed by atoms with E-state index in [4.69, 9.17) is 0 Å². The van der Waals surface area contributed by atoms with Crippen LogP contribution in [-0.4, -0.2) is 39.3 Å². The summed E-state index contributed by atoms with van der Waals surface area (Å²) in [6, 6.07) is 2.68. The average molecular weight is 286 g/mol. The normalized spacial score (nSPS) is 12.8. The Balaban J connectivity index is 3.08. The van der Waals surface area contributed by atoms with Gasteiger partial charge in [-0.2, -0.15) is 0 Å². The summed E-state index contributed by atoms with van der Waals surface area (Å²) in [4.78, 5) is 7.32. The van der Waals surface area contributed by atoms with Crippen LogP contribution < -0.4 is 0 Å². The fourth-order valence-corrected chi connectivity index (χ4v) is 4.24. The van der Waals surface area contributed by atoms with Gasteiger partial charge in [0.1, 0.15) is 10.4 Å². The van der Waals surface area contributed by atoms with Crippen LogP contribution in [-0.2, 0) is 19.7 Å². The predicted molar refractivity (Wildman–Crippen MR) is 65.8 cm³/mol. The van der Waals surface area contributed by atoms with Gasteiger partial charge in [-0.25, -0.2) is 16.8 Å². The average Bonchev–Trinajstić information content (AvgIpc) is 2.24. The maximum atomic E-state index is 11.8. The van der Waals surface area contributed by atoms with E-state index in [-0.39, 0.29) is 15.3 Å². The van der Waals surface area contributed by atoms with Crippen LogP contribution in [0.2, 0.25) is 0 Å². The predicted octanol–water partition coefficient (Wildman–Crippen LogP) is 0.437. The van der Waals surface area contributed by atoms with Crippen molar-refractivity contribution < 1.29 is 16.8 Å². The largest absolute Gasteiger partial charge is 0.253 e. The van der Waals surface area contributed by atoms with Gasteiger partial charge in [-0.3, -0.25) is 9.97 Å². The molecule has 0 saturated carbocycles. The molecule has 1 heterocycles. The lowest BCUT2D eigenvalue weighted by Gasteiger charge is -2.08. The summed E-state index contributed by atoms with van der Waals surface area (Å²) in [7, 11) is -7.38. The molecule has 0 amide bonds. The van der Waals surface area contributed by atoms with Crippen LogP contribution in [0.15, 0.2) is 34.3 Å². The van der Waals surface area contributed by atoms with Crippen LogP contribution >= 0.6 is 0 Å². The molecule has 1 aromatic heterocycles. The standard InChI is InChI=1S/C10H10N2O4S2/c1-17(13,14)8-4-3-7-9(12-6-5-11-7)10(8)18(2,15)16/h3-6H,1-2H3. The van der Waals surface area contributed by atoms with Gasteiger partial charge in [0.2, 0.25) is 0 Å². The number of nitrogens with zero attached hydrogens (tertiary/aromatic N) is 2. The Hall–Kier alpha value is -1.54. The molecule has 6 nitrogen and oxygen atoms in total. The Kier molecular flexibility index (Phi) is 2.86. The molecule has 0 fully saturated rings. The third-order valence-corrected chi connectivity index (χ3v) is 4.75. The van der Waals surface area contributed by atoms with Crippen molar-refractivity contribution in [1.29, 1.82) is 0 Å². The highest BCUT2D eigenvalue weighted by molar-refractivity contribution is 7.94. The van der Waals surface area contributed by atoms with Gasteiger partial charge in [0.05, 0.1) is 10.4 Å². The van der Waals surface area contributed by atoms with Crippen molar-refractivity contribution in [3.05, 3.63) is 24.5 Å². The Morgan fingerprint density at radius 3 is 2.06 bits per heavy atom. The van der Waals surface area contributed by atoms with E-state index in [2.05, 4.69) is 9.97 Å². The van der Waals surface area contributed by atoms with E-state index < -0.39 is 19.7 Å². The quantitative estimate of drug-likeness (QED) is 0.795. The molecule has 0 bridgehead atoms. The Morgan fingerprint density at radius 2 is 1.50 bits per heavy atom. The summed E-state index contributed by atoms with van der Waals surface area (Å²) in [6.07, 6.45) is 4.64. The van der Waals surface area contributed by atoms with Gasteiger partial charge in [0.25, 0.3) is 0 Å². The third kappa shape index (κ3) is 2.21. The second-order valence-electron chi connectivity index (χ2n) is 3.86. The molecule has 0 unspecified atom stereocenters. The van der Waals surface area contributed by atoms with Gasteiger partial charge in [-0.15, -0.1) is 0 Å². The number of hydrogen-bond donors (Lipinski definition) is 0. The lowest BCUT2D eigenvalue weighted by atomic mass is 10.3. The Bertz CT molecular complexity index is 826. The summed E-state index contributed by atoms with van der Waals surface area (Å²) >= 11 is 0. The fourth-order valence-electron chi connectivity index (χ4n) is 1.64. The summed E-state index contributed by atoms with van der Waals surface area (Å²) in [5.74, 6) is 0. The molecule has 0 spiro atoms. The molecule has 2 aromatic rings. The lowest BCUT2D eigenvalue weighted by Crippen LogP contribution is -2.09. The van der Waals surface area contributed by atoms with Crippen LogP contribution in [0.3, 0.4) is 0 Å². The summed E-state index contributed by atoms with van der Waals surface area (Å²) in [5.41, 5.74) is 0.410. The molecule has 96 valence electrons. The highest BCUT2D eigenvalue weighted by atomic mass is 32.2. The van der Waals surface area contributed by atoms with Gasteiger partial charge in [0, 0.05) is 24.9 Å². The first kappa shape index (κ1) is 12.9. The monoisotopic (exact) mass is 286 g/mol. The van der Waals surface area contributed by atoms with Crippen LogP contribution in [0.5, 0.6) is 0 Å². The molecular weight excluding hydrogens is 276 g/mol. The SMILES string of the molecule is CS(=O)(=O)c1ccc2nccnc2c1S(C)(=O)=O. The first-order chi connectivity index (χ1) is 8.21. The van der Waals surface area contributed by atoms with Crippen LogP contribution in [0, 0.1) is 0 Å². The maximum Gasteiger partial charge on any atom is 0.179 e. The molecule has 0 aliphatic heterocycles. The zero-order valence-corrected chi connectivity index (χ0v) is 11.3. The highest BCUT2D eigenvalue weighted by Gasteiger charge is 2.24. The fraction of sp³-hybridized carbons (Fsp3) is 0.200. The molecule has 1 aromatic carbocycles. The molecule has 0 aliphatic carbocycles. The molecule has 8 heteroatoms. The zero-order valence-electron chi connectivity index (χ0n) is 9.65. The minimum absolute atomic E-state index is 0.0722. The molecule has 18 heavy (non-hydrogen) atoms. The molecule has 0 N–H and O–H groups in total. The van der Waals surface area contributed by atoms with E-state index in [0.29, 0.717) is 5.52 Å². The zero-order chi connectivity index (χ0) is 13.6. The molecule has 0 radical (unpaired) electrons. The molecule has 2 rings (SSSR count). The highest BCUT2D eigenvalue weighted by Crippen LogP contribution is 2.27. The third-order valence-electron chi connectivity index (χ3n) is 2.33. The van der Waals surface area contributed by atoms with Crippen molar-refractivity contribution in [1.82, 2.24) is 9.97 Å². The van der Waals surface area contributed by atoms with Crippen molar-refractivity contribution in [2.75, 3.05) is 12.5 Å².